The lowest BCUT2D eigenvalue weighted by Crippen LogP contribution is -2.33. The molecule has 1 N–H and O–H groups in total. The Balaban J connectivity index is 1.61. The van der Waals surface area contributed by atoms with E-state index in [0.29, 0.717) is 6.54 Å². The third kappa shape index (κ3) is 4.20. The maximum Gasteiger partial charge on any atom is 0.254 e. The van der Waals surface area contributed by atoms with Crippen LogP contribution in [0.3, 0.4) is 0 Å². The Hall–Kier alpha value is -2.25. The molecule has 4 rings (SSSR count). The van der Waals surface area contributed by atoms with Crippen molar-refractivity contribution in [1.29, 1.82) is 0 Å². The van der Waals surface area contributed by atoms with E-state index in [1.807, 2.05) is 30.3 Å². The van der Waals surface area contributed by atoms with Crippen molar-refractivity contribution in [2.24, 2.45) is 0 Å². The average molecular weight is 388 g/mol. The first-order chi connectivity index (χ1) is 12.9. The van der Waals surface area contributed by atoms with Gasteiger partial charge in [-0.3, -0.25) is 4.79 Å². The number of nitrogens with zero attached hydrogens (tertiary/aromatic N) is 1. The van der Waals surface area contributed by atoms with Gasteiger partial charge in [0.15, 0.2) is 0 Å². The zero-order valence-electron chi connectivity index (χ0n) is 14.8. The summed E-state index contributed by atoms with van der Waals surface area (Å²) in [5, 5.41) is 0. The molecule has 0 bridgehead atoms. The van der Waals surface area contributed by atoms with Gasteiger partial charge in [-0.2, -0.15) is 0 Å². The molecule has 2 aliphatic carbocycles. The molecule has 2 aromatic carbocycles. The van der Waals surface area contributed by atoms with Gasteiger partial charge in [-0.25, -0.2) is 17.5 Å². The number of benzene rings is 2. The Morgan fingerprint density at radius 1 is 1.07 bits per heavy atom. The number of rotatable bonds is 7. The van der Waals surface area contributed by atoms with E-state index in [2.05, 4.69) is 4.72 Å². The summed E-state index contributed by atoms with van der Waals surface area (Å²) in [6.07, 6.45) is 3.36. The van der Waals surface area contributed by atoms with E-state index < -0.39 is 20.7 Å². The Bertz CT molecular complexity index is 954. The van der Waals surface area contributed by atoms with Crippen molar-refractivity contribution in [3.05, 3.63) is 65.5 Å². The summed E-state index contributed by atoms with van der Waals surface area (Å²) < 4.78 is 41.5. The van der Waals surface area contributed by atoms with Crippen LogP contribution in [0.15, 0.2) is 53.4 Å². The lowest BCUT2D eigenvalue weighted by Gasteiger charge is -2.23. The molecule has 2 saturated carbocycles. The quantitative estimate of drug-likeness (QED) is 0.793. The highest BCUT2D eigenvalue weighted by Crippen LogP contribution is 2.31. The molecular weight excluding hydrogens is 367 g/mol. The van der Waals surface area contributed by atoms with Crippen molar-refractivity contribution in [3.63, 3.8) is 0 Å². The van der Waals surface area contributed by atoms with E-state index in [-0.39, 0.29) is 23.6 Å². The predicted octanol–water partition coefficient (Wildman–Crippen LogP) is 3.07. The molecular formula is C20H21FN2O3S. The molecule has 5 nitrogen and oxygen atoms in total. The Morgan fingerprint density at radius 2 is 1.78 bits per heavy atom. The molecule has 0 atom stereocenters. The van der Waals surface area contributed by atoms with Crippen molar-refractivity contribution in [2.75, 3.05) is 0 Å². The fourth-order valence-electron chi connectivity index (χ4n) is 3.03. The van der Waals surface area contributed by atoms with E-state index in [0.717, 1.165) is 43.4 Å². The van der Waals surface area contributed by atoms with E-state index >= 15 is 0 Å². The number of sulfonamides is 1. The van der Waals surface area contributed by atoms with Crippen LogP contribution in [0, 0.1) is 5.82 Å². The third-order valence-electron chi connectivity index (χ3n) is 4.81. The highest BCUT2D eigenvalue weighted by atomic mass is 32.2. The van der Waals surface area contributed by atoms with Crippen LogP contribution in [0.4, 0.5) is 4.39 Å². The van der Waals surface area contributed by atoms with Gasteiger partial charge in [0, 0.05) is 24.2 Å². The van der Waals surface area contributed by atoms with E-state index in [1.54, 1.807) is 4.90 Å². The second-order valence-electron chi connectivity index (χ2n) is 7.19. The van der Waals surface area contributed by atoms with Gasteiger partial charge >= 0.3 is 0 Å². The van der Waals surface area contributed by atoms with E-state index in [9.17, 15) is 17.6 Å². The lowest BCUT2D eigenvalue weighted by atomic mass is 10.1. The van der Waals surface area contributed by atoms with Crippen LogP contribution in [0.5, 0.6) is 0 Å². The molecule has 1 amide bonds. The number of nitrogens with one attached hydrogen (secondary N) is 1. The molecule has 0 unspecified atom stereocenters. The zero-order chi connectivity index (χ0) is 19.0. The van der Waals surface area contributed by atoms with Gasteiger partial charge in [0.2, 0.25) is 10.0 Å². The maximum absolute atomic E-state index is 14.2. The van der Waals surface area contributed by atoms with Crippen molar-refractivity contribution >= 4 is 15.9 Å². The maximum atomic E-state index is 14.2. The normalized spacial score (nSPS) is 16.9. The number of hydrogen-bond donors (Lipinski definition) is 1. The van der Waals surface area contributed by atoms with Crippen LogP contribution in [0.1, 0.15) is 41.6 Å². The molecule has 0 saturated heterocycles. The average Bonchev–Trinajstić information content (AvgIpc) is 3.55. The molecule has 2 aromatic rings. The van der Waals surface area contributed by atoms with Gasteiger partial charge in [0.25, 0.3) is 5.91 Å². The number of carbonyl (C=O) groups excluding carboxylic acids is 1. The van der Waals surface area contributed by atoms with Gasteiger partial charge in [0.05, 0.1) is 0 Å². The molecule has 0 spiro atoms. The molecule has 0 radical (unpaired) electrons. The molecule has 0 aliphatic heterocycles. The fraction of sp³-hybridized carbons (Fsp3) is 0.350. The molecule has 2 aliphatic rings. The predicted molar refractivity (Wildman–Crippen MR) is 99.1 cm³/mol. The highest BCUT2D eigenvalue weighted by molar-refractivity contribution is 7.89. The minimum Gasteiger partial charge on any atom is -0.331 e. The molecule has 0 aromatic heterocycles. The van der Waals surface area contributed by atoms with Gasteiger partial charge in [-0.15, -0.1) is 0 Å². The first-order valence-corrected chi connectivity index (χ1v) is 10.6. The van der Waals surface area contributed by atoms with E-state index in [4.69, 9.17) is 0 Å². The number of halogens is 1. The number of hydrogen-bond acceptors (Lipinski definition) is 3. The van der Waals surface area contributed by atoms with Crippen molar-refractivity contribution in [1.82, 2.24) is 9.62 Å². The second-order valence-corrected chi connectivity index (χ2v) is 8.87. The third-order valence-corrected chi connectivity index (χ3v) is 6.35. The SMILES string of the molecule is O=C(c1ccc(F)c(S(=O)(=O)NC2CC2)c1)N(Cc1ccccc1)C1CC1. The second kappa shape index (κ2) is 7.05. The lowest BCUT2D eigenvalue weighted by molar-refractivity contribution is 0.0729. The van der Waals surface area contributed by atoms with Gasteiger partial charge in [-0.05, 0) is 49.4 Å². The summed E-state index contributed by atoms with van der Waals surface area (Å²) in [6, 6.07) is 13.2. The van der Waals surface area contributed by atoms with Crippen molar-refractivity contribution < 1.29 is 17.6 Å². The summed E-state index contributed by atoms with van der Waals surface area (Å²) in [4.78, 5) is 14.3. The summed E-state index contributed by atoms with van der Waals surface area (Å²) in [5.41, 5.74) is 1.19. The Kier molecular flexibility index (Phi) is 4.74. The molecule has 7 heteroatoms. The Labute approximate surface area is 158 Å². The van der Waals surface area contributed by atoms with Gasteiger partial charge in [0.1, 0.15) is 10.7 Å². The summed E-state index contributed by atoms with van der Waals surface area (Å²) in [7, 11) is -3.97. The highest BCUT2D eigenvalue weighted by Gasteiger charge is 2.34. The standard InChI is InChI=1S/C20H21FN2O3S/c21-18-11-6-15(12-19(18)27(25,26)22-16-7-8-16)20(24)23(17-9-10-17)13-14-4-2-1-3-5-14/h1-6,11-12,16-17,22H,7-10,13H2. The first kappa shape index (κ1) is 18.1. The van der Waals surface area contributed by atoms with Gasteiger partial charge in [-0.1, -0.05) is 30.3 Å². The topological polar surface area (TPSA) is 66.5 Å². The van der Waals surface area contributed by atoms with Crippen LogP contribution >= 0.6 is 0 Å². The minimum atomic E-state index is -3.97. The van der Waals surface area contributed by atoms with Gasteiger partial charge < -0.3 is 4.90 Å². The number of amides is 1. The summed E-state index contributed by atoms with van der Waals surface area (Å²) >= 11 is 0. The summed E-state index contributed by atoms with van der Waals surface area (Å²) in [6.45, 7) is 0.449. The molecule has 2 fully saturated rings. The van der Waals surface area contributed by atoms with Crippen LogP contribution in [-0.2, 0) is 16.6 Å². The van der Waals surface area contributed by atoms with Crippen LogP contribution in [0.25, 0.3) is 0 Å². The van der Waals surface area contributed by atoms with Crippen molar-refractivity contribution in [3.8, 4) is 0 Å². The monoisotopic (exact) mass is 388 g/mol. The molecule has 27 heavy (non-hydrogen) atoms. The zero-order valence-corrected chi connectivity index (χ0v) is 15.6. The Morgan fingerprint density at radius 3 is 2.41 bits per heavy atom. The van der Waals surface area contributed by atoms with Crippen molar-refractivity contribution in [2.45, 2.75) is 49.2 Å². The van der Waals surface area contributed by atoms with Crippen LogP contribution in [0.2, 0.25) is 0 Å². The van der Waals surface area contributed by atoms with E-state index in [1.165, 1.54) is 6.07 Å². The minimum absolute atomic E-state index is 0.130. The number of carbonyl (C=O) groups is 1. The smallest absolute Gasteiger partial charge is 0.254 e. The largest absolute Gasteiger partial charge is 0.331 e. The van der Waals surface area contributed by atoms with Crippen LogP contribution < -0.4 is 4.72 Å². The molecule has 142 valence electrons. The first-order valence-electron chi connectivity index (χ1n) is 9.11. The fourth-order valence-corrected chi connectivity index (χ4v) is 4.43. The summed E-state index contributed by atoms with van der Waals surface area (Å²) in [5.74, 6) is -1.12. The van der Waals surface area contributed by atoms with Crippen LogP contribution in [-0.4, -0.2) is 31.3 Å². The molecule has 0 heterocycles.